The second kappa shape index (κ2) is 7.17. The molecule has 0 aromatic heterocycles. The summed E-state index contributed by atoms with van der Waals surface area (Å²) in [4.78, 5) is 27.0. The Morgan fingerprint density at radius 2 is 1.92 bits per heavy atom. The first-order chi connectivity index (χ1) is 11.7. The molecular weight excluding hydrogens is 304 g/mol. The van der Waals surface area contributed by atoms with Crippen molar-refractivity contribution < 1.29 is 14.3 Å². The average molecular weight is 324 g/mol. The van der Waals surface area contributed by atoms with Crippen molar-refractivity contribution in [3.8, 4) is 5.75 Å². The van der Waals surface area contributed by atoms with Crippen molar-refractivity contribution in [1.82, 2.24) is 4.90 Å². The fourth-order valence-corrected chi connectivity index (χ4v) is 2.95. The summed E-state index contributed by atoms with van der Waals surface area (Å²) in [6.07, 6.45) is 1.50. The van der Waals surface area contributed by atoms with Gasteiger partial charge in [-0.1, -0.05) is 24.3 Å². The van der Waals surface area contributed by atoms with E-state index in [2.05, 4.69) is 5.32 Å². The van der Waals surface area contributed by atoms with Crippen LogP contribution in [0.5, 0.6) is 5.75 Å². The van der Waals surface area contributed by atoms with Gasteiger partial charge in [-0.15, -0.1) is 0 Å². The van der Waals surface area contributed by atoms with E-state index in [4.69, 9.17) is 4.74 Å². The lowest BCUT2D eigenvalue weighted by molar-refractivity contribution is -0.119. The molecule has 2 aromatic carbocycles. The van der Waals surface area contributed by atoms with Gasteiger partial charge in [0.2, 0.25) is 5.91 Å². The predicted octanol–water partition coefficient (Wildman–Crippen LogP) is 2.94. The number of nitrogens with zero attached hydrogens (tertiary/aromatic N) is 1. The van der Waals surface area contributed by atoms with Crippen LogP contribution in [-0.2, 0) is 4.79 Å². The second-order valence-corrected chi connectivity index (χ2v) is 5.74. The van der Waals surface area contributed by atoms with E-state index < -0.39 is 6.04 Å². The van der Waals surface area contributed by atoms with Gasteiger partial charge in [0.1, 0.15) is 11.8 Å². The zero-order valence-electron chi connectivity index (χ0n) is 13.6. The minimum Gasteiger partial charge on any atom is -0.497 e. The average Bonchev–Trinajstić information content (AvgIpc) is 3.12. The van der Waals surface area contributed by atoms with Crippen LogP contribution in [0.1, 0.15) is 23.2 Å². The third-order valence-electron chi connectivity index (χ3n) is 4.17. The number of para-hydroxylation sites is 1. The third kappa shape index (κ3) is 3.40. The molecule has 124 valence electrons. The normalized spacial score (nSPS) is 16.7. The first-order valence-corrected chi connectivity index (χ1v) is 8.00. The zero-order chi connectivity index (χ0) is 16.9. The fraction of sp³-hybridized carbons (Fsp3) is 0.263. The SMILES string of the molecule is COc1cccc(C(=O)N2CCC[C@H]2C(=O)Nc2ccccc2)c1. The maximum Gasteiger partial charge on any atom is 0.254 e. The number of likely N-dealkylation sites (tertiary alicyclic amines) is 1. The molecule has 0 bridgehead atoms. The summed E-state index contributed by atoms with van der Waals surface area (Å²) in [5.41, 5.74) is 1.27. The minimum atomic E-state index is -0.441. The van der Waals surface area contributed by atoms with E-state index >= 15 is 0 Å². The Labute approximate surface area is 141 Å². The lowest BCUT2D eigenvalue weighted by Gasteiger charge is -2.24. The van der Waals surface area contributed by atoms with Crippen molar-refractivity contribution in [2.24, 2.45) is 0 Å². The highest BCUT2D eigenvalue weighted by Gasteiger charge is 2.34. The van der Waals surface area contributed by atoms with E-state index in [1.165, 1.54) is 0 Å². The highest BCUT2D eigenvalue weighted by Crippen LogP contribution is 2.23. The van der Waals surface area contributed by atoms with Crippen LogP contribution in [0.2, 0.25) is 0 Å². The quantitative estimate of drug-likeness (QED) is 0.941. The fourth-order valence-electron chi connectivity index (χ4n) is 2.95. The van der Waals surface area contributed by atoms with Gasteiger partial charge in [0.05, 0.1) is 7.11 Å². The molecule has 0 aliphatic carbocycles. The maximum absolute atomic E-state index is 12.8. The number of hydrogen-bond acceptors (Lipinski definition) is 3. The molecule has 1 fully saturated rings. The van der Waals surface area contributed by atoms with Crippen LogP contribution in [0.25, 0.3) is 0 Å². The van der Waals surface area contributed by atoms with E-state index in [1.807, 2.05) is 30.3 Å². The van der Waals surface area contributed by atoms with E-state index in [0.717, 1.165) is 12.1 Å². The number of rotatable bonds is 4. The number of carbonyl (C=O) groups excluding carboxylic acids is 2. The maximum atomic E-state index is 12.8. The summed E-state index contributed by atoms with van der Waals surface area (Å²) in [6.45, 7) is 0.586. The highest BCUT2D eigenvalue weighted by molar-refractivity contribution is 6.01. The molecule has 5 heteroatoms. The summed E-state index contributed by atoms with van der Waals surface area (Å²) < 4.78 is 5.17. The summed E-state index contributed by atoms with van der Waals surface area (Å²) >= 11 is 0. The number of anilines is 1. The monoisotopic (exact) mass is 324 g/mol. The largest absolute Gasteiger partial charge is 0.497 e. The van der Waals surface area contributed by atoms with Gasteiger partial charge in [0, 0.05) is 17.8 Å². The van der Waals surface area contributed by atoms with Crippen molar-refractivity contribution in [3.63, 3.8) is 0 Å². The topological polar surface area (TPSA) is 58.6 Å². The summed E-state index contributed by atoms with van der Waals surface area (Å²) in [5, 5.41) is 2.89. The van der Waals surface area contributed by atoms with Crippen molar-refractivity contribution in [3.05, 3.63) is 60.2 Å². The lowest BCUT2D eigenvalue weighted by Crippen LogP contribution is -2.43. The number of nitrogens with one attached hydrogen (secondary N) is 1. The number of methoxy groups -OCH3 is 1. The van der Waals surface area contributed by atoms with Gasteiger partial charge in [-0.25, -0.2) is 0 Å². The Balaban J connectivity index is 1.74. The summed E-state index contributed by atoms with van der Waals surface area (Å²) in [6, 6.07) is 15.9. The highest BCUT2D eigenvalue weighted by atomic mass is 16.5. The van der Waals surface area contributed by atoms with Crippen LogP contribution in [0, 0.1) is 0 Å². The van der Waals surface area contributed by atoms with Crippen LogP contribution >= 0.6 is 0 Å². The Bertz CT molecular complexity index is 730. The van der Waals surface area contributed by atoms with Gasteiger partial charge >= 0.3 is 0 Å². The molecule has 1 N–H and O–H groups in total. The van der Waals surface area contributed by atoms with Crippen LogP contribution in [0.15, 0.2) is 54.6 Å². The smallest absolute Gasteiger partial charge is 0.254 e. The predicted molar refractivity (Wildman–Crippen MR) is 92.1 cm³/mol. The number of amides is 2. The molecule has 24 heavy (non-hydrogen) atoms. The zero-order valence-corrected chi connectivity index (χ0v) is 13.6. The molecule has 0 saturated carbocycles. The number of carbonyl (C=O) groups is 2. The van der Waals surface area contributed by atoms with Crippen LogP contribution in [-0.4, -0.2) is 36.4 Å². The first-order valence-electron chi connectivity index (χ1n) is 8.00. The van der Waals surface area contributed by atoms with E-state index in [1.54, 1.807) is 36.3 Å². The molecule has 0 spiro atoms. The Hall–Kier alpha value is -2.82. The Kier molecular flexibility index (Phi) is 4.79. The number of benzene rings is 2. The number of ether oxygens (including phenoxy) is 1. The van der Waals surface area contributed by atoms with Crippen molar-refractivity contribution >= 4 is 17.5 Å². The number of hydrogen-bond donors (Lipinski definition) is 1. The molecule has 0 radical (unpaired) electrons. The Morgan fingerprint density at radius 3 is 2.67 bits per heavy atom. The molecule has 0 unspecified atom stereocenters. The van der Waals surface area contributed by atoms with Crippen molar-refractivity contribution in [2.75, 3.05) is 19.0 Å². The second-order valence-electron chi connectivity index (χ2n) is 5.74. The van der Waals surface area contributed by atoms with Crippen LogP contribution in [0.3, 0.4) is 0 Å². The van der Waals surface area contributed by atoms with Gasteiger partial charge in [-0.05, 0) is 43.2 Å². The molecule has 1 aliphatic rings. The van der Waals surface area contributed by atoms with E-state index in [-0.39, 0.29) is 11.8 Å². The van der Waals surface area contributed by atoms with E-state index in [0.29, 0.717) is 24.3 Å². The summed E-state index contributed by atoms with van der Waals surface area (Å²) in [7, 11) is 1.57. The molecule has 2 amide bonds. The van der Waals surface area contributed by atoms with Gasteiger partial charge in [-0.3, -0.25) is 9.59 Å². The molecule has 1 heterocycles. The molecule has 2 aromatic rings. The van der Waals surface area contributed by atoms with Crippen molar-refractivity contribution in [1.29, 1.82) is 0 Å². The lowest BCUT2D eigenvalue weighted by atomic mass is 10.1. The van der Waals surface area contributed by atoms with Gasteiger partial charge < -0.3 is 15.0 Å². The molecule has 3 rings (SSSR count). The van der Waals surface area contributed by atoms with Crippen LogP contribution < -0.4 is 10.1 Å². The minimum absolute atomic E-state index is 0.139. The Morgan fingerprint density at radius 1 is 1.12 bits per heavy atom. The molecule has 1 aliphatic heterocycles. The standard InChI is InChI=1S/C19H20N2O3/c1-24-16-10-5-7-14(13-16)19(23)21-12-6-11-17(21)18(22)20-15-8-3-2-4-9-15/h2-5,7-10,13,17H,6,11-12H2,1H3,(H,20,22)/t17-/m0/s1. The van der Waals surface area contributed by atoms with Crippen LogP contribution in [0.4, 0.5) is 5.69 Å². The molecule has 1 saturated heterocycles. The third-order valence-corrected chi connectivity index (χ3v) is 4.17. The molecular formula is C19H20N2O3. The van der Waals surface area contributed by atoms with Gasteiger partial charge in [0.15, 0.2) is 0 Å². The van der Waals surface area contributed by atoms with E-state index in [9.17, 15) is 9.59 Å². The van der Waals surface area contributed by atoms with Crippen molar-refractivity contribution in [2.45, 2.75) is 18.9 Å². The molecule has 5 nitrogen and oxygen atoms in total. The molecule has 1 atom stereocenters. The van der Waals surface area contributed by atoms with Gasteiger partial charge in [0.25, 0.3) is 5.91 Å². The van der Waals surface area contributed by atoms with Gasteiger partial charge in [-0.2, -0.15) is 0 Å². The summed E-state index contributed by atoms with van der Waals surface area (Å²) in [5.74, 6) is 0.347. The first kappa shape index (κ1) is 16.1.